The second-order valence-corrected chi connectivity index (χ2v) is 7.81. The van der Waals surface area contributed by atoms with Gasteiger partial charge in [0.15, 0.2) is 9.84 Å². The number of sulfone groups is 1. The Morgan fingerprint density at radius 1 is 1.45 bits per heavy atom. The van der Waals surface area contributed by atoms with Crippen molar-refractivity contribution in [2.24, 2.45) is 5.73 Å². The largest absolute Gasteiger partial charge is 0.326 e. The molecule has 3 unspecified atom stereocenters. The van der Waals surface area contributed by atoms with E-state index in [1.165, 1.54) is 12.1 Å². The van der Waals surface area contributed by atoms with E-state index >= 15 is 0 Å². The highest BCUT2D eigenvalue weighted by Crippen LogP contribution is 2.28. The number of nitrogens with zero attached hydrogens (tertiary/aromatic N) is 1. The SMILES string of the molecule is CC(N)C(c1cccc(F)c1)N(C)C1CCS(=O)(=O)C1. The summed E-state index contributed by atoms with van der Waals surface area (Å²) in [7, 11) is -1.08. The molecule has 2 rings (SSSR count). The van der Waals surface area contributed by atoms with Crippen LogP contribution in [0.3, 0.4) is 0 Å². The summed E-state index contributed by atoms with van der Waals surface area (Å²) in [6, 6.07) is 5.87. The van der Waals surface area contributed by atoms with Crippen molar-refractivity contribution in [1.29, 1.82) is 0 Å². The van der Waals surface area contributed by atoms with Crippen molar-refractivity contribution in [2.75, 3.05) is 18.6 Å². The first kappa shape index (κ1) is 15.4. The van der Waals surface area contributed by atoms with Crippen LogP contribution in [0, 0.1) is 5.82 Å². The van der Waals surface area contributed by atoms with E-state index in [1.807, 2.05) is 24.9 Å². The number of hydrogen-bond donors (Lipinski definition) is 1. The lowest BCUT2D eigenvalue weighted by Crippen LogP contribution is -2.43. The Morgan fingerprint density at radius 2 is 2.15 bits per heavy atom. The third kappa shape index (κ3) is 3.37. The summed E-state index contributed by atoms with van der Waals surface area (Å²) < 4.78 is 36.6. The highest BCUT2D eigenvalue weighted by molar-refractivity contribution is 7.91. The summed E-state index contributed by atoms with van der Waals surface area (Å²) in [5.41, 5.74) is 6.83. The fraction of sp³-hybridized carbons (Fsp3) is 0.571. The summed E-state index contributed by atoms with van der Waals surface area (Å²) in [5.74, 6) is 0.0689. The molecule has 1 heterocycles. The monoisotopic (exact) mass is 300 g/mol. The summed E-state index contributed by atoms with van der Waals surface area (Å²) in [4.78, 5) is 1.98. The van der Waals surface area contributed by atoms with E-state index in [1.54, 1.807) is 6.07 Å². The average Bonchev–Trinajstić information content (AvgIpc) is 2.69. The Balaban J connectivity index is 2.25. The van der Waals surface area contributed by atoms with Gasteiger partial charge in [-0.1, -0.05) is 12.1 Å². The molecule has 1 aromatic carbocycles. The van der Waals surface area contributed by atoms with Gasteiger partial charge in [0.1, 0.15) is 5.82 Å². The number of nitrogens with two attached hydrogens (primary N) is 1. The number of hydrogen-bond acceptors (Lipinski definition) is 4. The maximum atomic E-state index is 13.4. The van der Waals surface area contributed by atoms with Crippen molar-refractivity contribution >= 4 is 9.84 Å². The molecule has 4 nitrogen and oxygen atoms in total. The molecule has 20 heavy (non-hydrogen) atoms. The minimum absolute atomic E-state index is 0.0562. The number of halogens is 1. The zero-order valence-corrected chi connectivity index (χ0v) is 12.6. The van der Waals surface area contributed by atoms with Crippen molar-refractivity contribution in [3.63, 3.8) is 0 Å². The first-order chi connectivity index (χ1) is 9.30. The topological polar surface area (TPSA) is 63.4 Å². The molecule has 0 radical (unpaired) electrons. The second-order valence-electron chi connectivity index (χ2n) is 5.58. The Morgan fingerprint density at radius 3 is 2.65 bits per heavy atom. The van der Waals surface area contributed by atoms with Gasteiger partial charge >= 0.3 is 0 Å². The molecule has 0 spiro atoms. The first-order valence-electron chi connectivity index (χ1n) is 6.73. The Labute approximate surface area is 119 Å². The minimum atomic E-state index is -2.95. The van der Waals surface area contributed by atoms with Crippen LogP contribution in [-0.2, 0) is 9.84 Å². The van der Waals surface area contributed by atoms with Crippen LogP contribution in [-0.4, -0.2) is 44.0 Å². The summed E-state index contributed by atoms with van der Waals surface area (Å²) >= 11 is 0. The van der Waals surface area contributed by atoms with Crippen LogP contribution in [0.4, 0.5) is 4.39 Å². The van der Waals surface area contributed by atoms with Gasteiger partial charge in [-0.3, -0.25) is 4.90 Å². The van der Waals surface area contributed by atoms with Crippen LogP contribution in [0.5, 0.6) is 0 Å². The van der Waals surface area contributed by atoms with E-state index < -0.39 is 9.84 Å². The third-order valence-electron chi connectivity index (χ3n) is 3.91. The van der Waals surface area contributed by atoms with Gasteiger partial charge in [-0.15, -0.1) is 0 Å². The molecule has 3 atom stereocenters. The Hall–Kier alpha value is -0.980. The highest BCUT2D eigenvalue weighted by Gasteiger charge is 2.35. The zero-order chi connectivity index (χ0) is 14.9. The number of likely N-dealkylation sites (N-methyl/N-ethyl adjacent to an activating group) is 1. The van der Waals surface area contributed by atoms with E-state index in [4.69, 9.17) is 5.73 Å². The fourth-order valence-corrected chi connectivity index (χ4v) is 4.71. The zero-order valence-electron chi connectivity index (χ0n) is 11.8. The molecule has 6 heteroatoms. The standard InChI is InChI=1S/C14H21FN2O2S/c1-10(16)14(11-4-3-5-12(15)8-11)17(2)13-6-7-20(18,19)9-13/h3-5,8,10,13-14H,6-7,9,16H2,1-2H3. The molecule has 1 fully saturated rings. The Bertz CT molecular complexity index is 574. The lowest BCUT2D eigenvalue weighted by atomic mass is 9.97. The summed E-state index contributed by atoms with van der Waals surface area (Å²) in [6.07, 6.45) is 0.609. The third-order valence-corrected chi connectivity index (χ3v) is 5.66. The number of benzene rings is 1. The van der Waals surface area contributed by atoms with Gasteiger partial charge in [0.25, 0.3) is 0 Å². The Kier molecular flexibility index (Phi) is 4.46. The normalized spacial score (nSPS) is 24.8. The van der Waals surface area contributed by atoms with E-state index in [0.717, 1.165) is 5.56 Å². The van der Waals surface area contributed by atoms with Crippen molar-refractivity contribution in [3.05, 3.63) is 35.6 Å². The van der Waals surface area contributed by atoms with Crippen LogP contribution < -0.4 is 5.73 Å². The van der Waals surface area contributed by atoms with Crippen molar-refractivity contribution in [1.82, 2.24) is 4.90 Å². The lowest BCUT2D eigenvalue weighted by molar-refractivity contribution is 0.168. The van der Waals surface area contributed by atoms with Crippen molar-refractivity contribution < 1.29 is 12.8 Å². The van der Waals surface area contributed by atoms with Crippen LogP contribution in [0.15, 0.2) is 24.3 Å². The van der Waals surface area contributed by atoms with Gasteiger partial charge in [-0.25, -0.2) is 12.8 Å². The minimum Gasteiger partial charge on any atom is -0.326 e. The molecule has 0 amide bonds. The van der Waals surface area contributed by atoms with Gasteiger partial charge in [-0.05, 0) is 38.1 Å². The smallest absolute Gasteiger partial charge is 0.151 e. The highest BCUT2D eigenvalue weighted by atomic mass is 32.2. The molecule has 2 N–H and O–H groups in total. The molecular formula is C14H21FN2O2S. The molecular weight excluding hydrogens is 279 g/mol. The maximum Gasteiger partial charge on any atom is 0.151 e. The molecule has 112 valence electrons. The maximum absolute atomic E-state index is 13.4. The van der Waals surface area contributed by atoms with E-state index in [-0.39, 0.29) is 35.4 Å². The van der Waals surface area contributed by atoms with Gasteiger partial charge < -0.3 is 5.73 Å². The molecule has 0 aromatic heterocycles. The number of rotatable bonds is 4. The first-order valence-corrected chi connectivity index (χ1v) is 8.56. The molecule has 1 saturated heterocycles. The molecule has 0 bridgehead atoms. The van der Waals surface area contributed by atoms with E-state index in [0.29, 0.717) is 6.42 Å². The van der Waals surface area contributed by atoms with Gasteiger partial charge in [-0.2, -0.15) is 0 Å². The predicted octanol–water partition coefficient (Wildman–Crippen LogP) is 1.33. The van der Waals surface area contributed by atoms with Gasteiger partial charge in [0.2, 0.25) is 0 Å². The van der Waals surface area contributed by atoms with Crippen molar-refractivity contribution in [3.8, 4) is 0 Å². The van der Waals surface area contributed by atoms with E-state index in [2.05, 4.69) is 0 Å². The molecule has 1 aromatic rings. The van der Waals surface area contributed by atoms with Crippen molar-refractivity contribution in [2.45, 2.75) is 31.5 Å². The quantitative estimate of drug-likeness (QED) is 0.911. The second kappa shape index (κ2) is 5.79. The average molecular weight is 300 g/mol. The molecule has 1 aliphatic rings. The summed E-state index contributed by atoms with van der Waals surface area (Å²) in [5, 5.41) is 0. The summed E-state index contributed by atoms with van der Waals surface area (Å²) in [6.45, 7) is 1.86. The van der Waals surface area contributed by atoms with Crippen LogP contribution in [0.2, 0.25) is 0 Å². The fourth-order valence-electron chi connectivity index (χ4n) is 2.92. The predicted molar refractivity (Wildman–Crippen MR) is 77.6 cm³/mol. The van der Waals surface area contributed by atoms with Crippen LogP contribution in [0.1, 0.15) is 24.9 Å². The lowest BCUT2D eigenvalue weighted by Gasteiger charge is -2.35. The van der Waals surface area contributed by atoms with Gasteiger partial charge in [0, 0.05) is 18.1 Å². The van der Waals surface area contributed by atoms with Gasteiger partial charge in [0.05, 0.1) is 11.5 Å². The van der Waals surface area contributed by atoms with E-state index in [9.17, 15) is 12.8 Å². The molecule has 0 aliphatic carbocycles. The molecule has 0 saturated carbocycles. The van der Waals surface area contributed by atoms with Crippen LogP contribution >= 0.6 is 0 Å². The molecule has 1 aliphatic heterocycles. The van der Waals surface area contributed by atoms with Crippen LogP contribution in [0.25, 0.3) is 0 Å².